The molecule has 0 fully saturated rings. The van der Waals surface area contributed by atoms with Crippen molar-refractivity contribution in [2.45, 2.75) is 20.8 Å². The maximum atomic E-state index is 5.36. The van der Waals surface area contributed by atoms with Gasteiger partial charge in [0.2, 0.25) is 0 Å². The van der Waals surface area contributed by atoms with Crippen molar-refractivity contribution in [2.75, 3.05) is 0 Å². The molecule has 0 saturated heterocycles. The first-order chi connectivity index (χ1) is 32.4. The van der Waals surface area contributed by atoms with Crippen LogP contribution in [0.3, 0.4) is 0 Å². The van der Waals surface area contributed by atoms with Gasteiger partial charge in [0.05, 0.1) is 22.8 Å². The van der Waals surface area contributed by atoms with E-state index in [4.69, 9.17) is 28.8 Å². The molecule has 7 nitrogen and oxygen atoms in total. The molecular formula is C56H44Cl2N7Pt+. The molecule has 0 spiro atoms. The van der Waals surface area contributed by atoms with Crippen LogP contribution in [0.25, 0.3) is 102 Å². The number of halogens is 2. The Bertz CT molecular complexity index is 3170. The zero-order chi connectivity index (χ0) is 45.4. The minimum Gasteiger partial charge on any atom is -0.265 e. The number of aromatic nitrogens is 7. The summed E-state index contributed by atoms with van der Waals surface area (Å²) in [6.07, 6.45) is 19.5. The molecule has 0 radical (unpaired) electrons. The molecule has 66 heavy (non-hydrogen) atoms. The molecule has 0 amide bonds. The van der Waals surface area contributed by atoms with E-state index in [0.29, 0.717) is 0 Å². The summed E-state index contributed by atoms with van der Waals surface area (Å²) in [5, 5.41) is 0. The Labute approximate surface area is 400 Å². The van der Waals surface area contributed by atoms with Crippen molar-refractivity contribution in [3.8, 4) is 55.6 Å². The van der Waals surface area contributed by atoms with Gasteiger partial charge < -0.3 is 9.97 Å². The number of hydrogen-bond donors (Lipinski definition) is 2. The van der Waals surface area contributed by atoms with Gasteiger partial charge in [0.25, 0.3) is 0 Å². The van der Waals surface area contributed by atoms with E-state index in [1.165, 1.54) is 27.8 Å². The number of aryl methyl sites for hydroxylation is 3. The number of hydrogen-bond acceptors (Lipinski definition) is 4. The van der Waals surface area contributed by atoms with E-state index in [0.717, 1.165) is 89.4 Å². The molecule has 326 valence electrons. The van der Waals surface area contributed by atoms with E-state index in [2.05, 4.69) is 167 Å². The first-order valence-electron chi connectivity index (χ1n) is 21.3. The van der Waals surface area contributed by atoms with E-state index in [-0.39, 0.29) is 0 Å². The van der Waals surface area contributed by atoms with E-state index >= 15 is 0 Å². The van der Waals surface area contributed by atoms with E-state index in [1.807, 2.05) is 61.2 Å². The number of fused-ring (bicyclic) bond motifs is 8. The van der Waals surface area contributed by atoms with Gasteiger partial charge in [-0.25, -0.2) is 15.0 Å². The Morgan fingerprint density at radius 3 is 1.06 bits per heavy atom. The molecule has 10 heteroatoms. The van der Waals surface area contributed by atoms with E-state index in [1.54, 1.807) is 12.4 Å². The summed E-state index contributed by atoms with van der Waals surface area (Å²) in [5.41, 5.74) is 22.0. The number of aromatic amines is 3. The molecule has 8 heterocycles. The van der Waals surface area contributed by atoms with Gasteiger partial charge in [-0.2, -0.15) is 0 Å². The third-order valence-electron chi connectivity index (χ3n) is 11.5. The summed E-state index contributed by atoms with van der Waals surface area (Å²) in [6, 6.07) is 47.0. The van der Waals surface area contributed by atoms with Crippen LogP contribution in [0.2, 0.25) is 0 Å². The minimum atomic E-state index is -0.472. The maximum Gasteiger partial charge on any atom is 0.167 e. The topological polar surface area (TPSA) is 97.3 Å². The molecule has 3 aromatic carbocycles. The molecule has 2 aliphatic rings. The summed E-state index contributed by atoms with van der Waals surface area (Å²) in [5.74, 6) is 0. The van der Waals surface area contributed by atoms with Gasteiger partial charge in [0.1, 0.15) is 0 Å². The molecule has 8 bridgehead atoms. The summed E-state index contributed by atoms with van der Waals surface area (Å²) < 4.78 is 0. The van der Waals surface area contributed by atoms with Crippen molar-refractivity contribution in [3.05, 3.63) is 210 Å². The van der Waals surface area contributed by atoms with Gasteiger partial charge in [-0.3, -0.25) is 9.97 Å². The molecule has 2 aliphatic heterocycles. The van der Waals surface area contributed by atoms with Crippen molar-refractivity contribution in [2.24, 2.45) is 0 Å². The van der Waals surface area contributed by atoms with E-state index in [9.17, 15) is 0 Å². The van der Waals surface area contributed by atoms with Gasteiger partial charge in [-0.1, -0.05) is 89.5 Å². The molecule has 0 unspecified atom stereocenters. The quantitative estimate of drug-likeness (QED) is 0.179. The van der Waals surface area contributed by atoms with Gasteiger partial charge in [0, 0.05) is 81.2 Å². The second kappa shape index (κ2) is 20.4. The van der Waals surface area contributed by atoms with Gasteiger partial charge in [0.15, 0.2) is 12.4 Å². The molecule has 0 saturated carbocycles. The smallest absolute Gasteiger partial charge is 0.167 e. The van der Waals surface area contributed by atoms with Crippen molar-refractivity contribution in [1.29, 1.82) is 0 Å². The second-order valence-electron chi connectivity index (χ2n) is 15.9. The number of H-pyrrole nitrogens is 3. The summed E-state index contributed by atoms with van der Waals surface area (Å²) in [7, 11) is 9.75. The van der Waals surface area contributed by atoms with Crippen LogP contribution in [0.15, 0.2) is 171 Å². The summed E-state index contributed by atoms with van der Waals surface area (Å²) in [6.45, 7) is 6.36. The average molecular weight is 1080 g/mol. The third kappa shape index (κ3) is 9.80. The van der Waals surface area contributed by atoms with Gasteiger partial charge in [-0.05, 0) is 127 Å². The predicted octanol–water partition coefficient (Wildman–Crippen LogP) is 14.6. The molecule has 9 aromatic rings. The number of nitrogens with one attached hydrogen (secondary N) is 3. The Morgan fingerprint density at radius 1 is 0.364 bits per heavy atom. The van der Waals surface area contributed by atoms with Crippen molar-refractivity contribution in [3.63, 3.8) is 0 Å². The molecular weight excluding hydrogens is 1040 g/mol. The Kier molecular flexibility index (Phi) is 13.7. The van der Waals surface area contributed by atoms with Crippen LogP contribution >= 0.6 is 18.8 Å². The summed E-state index contributed by atoms with van der Waals surface area (Å²) >= 11 is -0.472. The fourth-order valence-corrected chi connectivity index (χ4v) is 8.22. The number of pyridine rings is 3. The van der Waals surface area contributed by atoms with Crippen LogP contribution in [0.1, 0.15) is 39.5 Å². The maximum absolute atomic E-state index is 5.36. The van der Waals surface area contributed by atoms with Crippen molar-refractivity contribution < 1.29 is 21.5 Å². The van der Waals surface area contributed by atoms with Gasteiger partial charge in [-0.15, -0.1) is 0 Å². The fourth-order valence-electron chi connectivity index (χ4n) is 8.22. The zero-order valence-corrected chi connectivity index (χ0v) is 40.1. The SMILES string of the molecule is Cc1ccc(-c2c3nc(c(-c4ccncc4)c4nc(c(-c5ccc(C)cc5)c5ccc([nH]5)c(-c5ccc(C)cc5)c5ccc2[nH]5)C=C4)C=C3)cc1.[Cl][Pt][Cl].c1cc(-c2cc[nH+]cc2)ccn1. The molecule has 0 atom stereocenters. The van der Waals surface area contributed by atoms with Crippen LogP contribution in [-0.2, 0) is 16.5 Å². The second-order valence-corrected chi connectivity index (χ2v) is 19.2. The van der Waals surface area contributed by atoms with Crippen LogP contribution in [-0.4, -0.2) is 29.9 Å². The van der Waals surface area contributed by atoms with Crippen LogP contribution in [0.4, 0.5) is 0 Å². The van der Waals surface area contributed by atoms with Crippen LogP contribution in [0.5, 0.6) is 0 Å². The fraction of sp³-hybridized carbons (Fsp3) is 0.0536. The largest absolute Gasteiger partial charge is 0.265 e. The Morgan fingerprint density at radius 2 is 0.667 bits per heavy atom. The zero-order valence-electron chi connectivity index (χ0n) is 36.3. The van der Waals surface area contributed by atoms with Crippen molar-refractivity contribution in [1.82, 2.24) is 29.9 Å². The Hall–Kier alpha value is -7.02. The van der Waals surface area contributed by atoms with E-state index < -0.39 is 16.5 Å². The summed E-state index contributed by atoms with van der Waals surface area (Å²) in [4.78, 5) is 29.7. The first-order valence-corrected chi connectivity index (χ1v) is 27.0. The van der Waals surface area contributed by atoms with Crippen LogP contribution < -0.4 is 4.98 Å². The number of benzene rings is 3. The van der Waals surface area contributed by atoms with Gasteiger partial charge >= 0.3 is 35.3 Å². The average Bonchev–Trinajstić information content (AvgIpc) is 4.21. The van der Waals surface area contributed by atoms with Crippen molar-refractivity contribution >= 4 is 65.2 Å². The number of nitrogens with zero attached hydrogens (tertiary/aromatic N) is 4. The third-order valence-corrected chi connectivity index (χ3v) is 11.5. The molecule has 3 N–H and O–H groups in total. The predicted molar refractivity (Wildman–Crippen MR) is 271 cm³/mol. The normalized spacial score (nSPS) is 11.4. The Balaban J connectivity index is 0.000000311. The standard InChI is InChI=1S/C46H35N5.C10H8N2.2ClH.Pt/c1-28-4-10-31(11-5-28)43-35-16-18-37(48-35)44(32-12-6-29(2)7-13-32)39-20-22-41(50-39)46(34-24-26-47-27-25-34)42-23-21-40(51-42)45(38-19-17-36(43)49-38)33-14-8-30(3)9-15-33;1-5-11-6-2-9(1)10-3-7-12-8-4-10;;;/h4-27,48-49H,1-3H3;1-8H;2*1H;/q;;;;+2/p-1. The number of rotatable bonds is 5. The first kappa shape index (κ1) is 44.2. The minimum absolute atomic E-state index is 0.472. The molecule has 6 aromatic heterocycles. The van der Waals surface area contributed by atoms with Crippen LogP contribution in [0, 0.1) is 20.8 Å². The molecule has 11 rings (SSSR count). The monoisotopic (exact) mass is 1080 g/mol. The molecule has 0 aliphatic carbocycles.